The first-order valence-electron chi connectivity index (χ1n) is 7.58. The first-order valence-corrected chi connectivity index (χ1v) is 8.37. The SMILES string of the molecule is CN1C2CCC1CC(NC(=O)/C=C/c1ccc(Br)cc1)C2. The van der Waals surface area contributed by atoms with Crippen LogP contribution in [0.4, 0.5) is 0 Å². The molecule has 3 rings (SSSR count). The summed E-state index contributed by atoms with van der Waals surface area (Å²) in [5.41, 5.74) is 1.04. The Balaban J connectivity index is 1.54. The Morgan fingerprint density at radius 1 is 1.24 bits per heavy atom. The summed E-state index contributed by atoms with van der Waals surface area (Å²) in [6.07, 6.45) is 8.25. The summed E-state index contributed by atoms with van der Waals surface area (Å²) in [5, 5.41) is 3.16. The molecule has 4 heteroatoms. The molecule has 2 unspecified atom stereocenters. The van der Waals surface area contributed by atoms with Gasteiger partial charge in [-0.05, 0) is 56.5 Å². The third-order valence-electron chi connectivity index (χ3n) is 4.74. The highest BCUT2D eigenvalue weighted by Crippen LogP contribution is 2.34. The normalized spacial score (nSPS) is 29.0. The van der Waals surface area contributed by atoms with Gasteiger partial charge in [0, 0.05) is 28.7 Å². The van der Waals surface area contributed by atoms with Crippen LogP contribution >= 0.6 is 15.9 Å². The van der Waals surface area contributed by atoms with Gasteiger partial charge in [-0.2, -0.15) is 0 Å². The number of rotatable bonds is 3. The molecule has 1 aromatic rings. The zero-order chi connectivity index (χ0) is 14.8. The van der Waals surface area contributed by atoms with Crippen molar-refractivity contribution in [2.75, 3.05) is 7.05 Å². The summed E-state index contributed by atoms with van der Waals surface area (Å²) in [4.78, 5) is 14.5. The van der Waals surface area contributed by atoms with Crippen molar-refractivity contribution in [2.45, 2.75) is 43.8 Å². The summed E-state index contributed by atoms with van der Waals surface area (Å²) in [6, 6.07) is 9.58. The fraction of sp³-hybridized carbons (Fsp3) is 0.471. The second kappa shape index (κ2) is 6.32. The minimum atomic E-state index is 0.0203. The van der Waals surface area contributed by atoms with E-state index >= 15 is 0 Å². The molecule has 2 aliphatic rings. The first kappa shape index (κ1) is 14.8. The lowest BCUT2D eigenvalue weighted by atomic mass is 9.98. The van der Waals surface area contributed by atoms with Crippen LogP contribution in [0.1, 0.15) is 31.2 Å². The van der Waals surface area contributed by atoms with Gasteiger partial charge in [-0.1, -0.05) is 28.1 Å². The summed E-state index contributed by atoms with van der Waals surface area (Å²) in [7, 11) is 2.22. The molecule has 1 amide bonds. The molecular weight excluding hydrogens is 328 g/mol. The highest BCUT2D eigenvalue weighted by Gasteiger charge is 2.38. The Bertz CT molecular complexity index is 526. The van der Waals surface area contributed by atoms with E-state index in [0.717, 1.165) is 22.9 Å². The Morgan fingerprint density at radius 2 is 1.86 bits per heavy atom. The molecule has 0 aromatic heterocycles. The smallest absolute Gasteiger partial charge is 0.244 e. The summed E-state index contributed by atoms with van der Waals surface area (Å²) in [5.74, 6) is 0.0203. The lowest BCUT2D eigenvalue weighted by Gasteiger charge is -2.36. The Kier molecular flexibility index (Phi) is 4.45. The predicted octanol–water partition coefficient (Wildman–Crippen LogP) is 3.20. The van der Waals surface area contributed by atoms with Crippen molar-refractivity contribution >= 4 is 27.9 Å². The van der Waals surface area contributed by atoms with Crippen LogP contribution in [0.5, 0.6) is 0 Å². The fourth-order valence-electron chi connectivity index (χ4n) is 3.52. The maximum Gasteiger partial charge on any atom is 0.244 e. The van der Waals surface area contributed by atoms with E-state index in [2.05, 4.69) is 33.2 Å². The molecule has 0 saturated carbocycles. The molecule has 112 valence electrons. The van der Waals surface area contributed by atoms with Crippen molar-refractivity contribution < 1.29 is 4.79 Å². The largest absolute Gasteiger partial charge is 0.350 e. The number of amides is 1. The number of hydrogen-bond donors (Lipinski definition) is 1. The van der Waals surface area contributed by atoms with E-state index < -0.39 is 0 Å². The van der Waals surface area contributed by atoms with Gasteiger partial charge in [-0.15, -0.1) is 0 Å². The molecule has 0 spiro atoms. The molecule has 0 aliphatic carbocycles. The third-order valence-corrected chi connectivity index (χ3v) is 5.27. The number of nitrogens with one attached hydrogen (secondary N) is 1. The molecule has 2 fully saturated rings. The number of fused-ring (bicyclic) bond motifs is 2. The van der Waals surface area contributed by atoms with Crippen molar-refractivity contribution in [1.82, 2.24) is 10.2 Å². The lowest BCUT2D eigenvalue weighted by molar-refractivity contribution is -0.117. The van der Waals surface area contributed by atoms with Crippen LogP contribution in [0.2, 0.25) is 0 Å². The predicted molar refractivity (Wildman–Crippen MR) is 88.9 cm³/mol. The zero-order valence-electron chi connectivity index (χ0n) is 12.3. The van der Waals surface area contributed by atoms with Gasteiger partial charge in [0.2, 0.25) is 5.91 Å². The third kappa shape index (κ3) is 3.55. The number of piperidine rings is 1. The van der Waals surface area contributed by atoms with Crippen molar-refractivity contribution in [3.05, 3.63) is 40.4 Å². The summed E-state index contributed by atoms with van der Waals surface area (Å²) in [6.45, 7) is 0. The molecule has 3 nitrogen and oxygen atoms in total. The zero-order valence-corrected chi connectivity index (χ0v) is 13.8. The van der Waals surface area contributed by atoms with E-state index in [4.69, 9.17) is 0 Å². The van der Waals surface area contributed by atoms with E-state index in [9.17, 15) is 4.79 Å². The second-order valence-corrected chi connectivity index (χ2v) is 7.03. The number of halogens is 1. The van der Waals surface area contributed by atoms with Gasteiger partial charge in [0.15, 0.2) is 0 Å². The van der Waals surface area contributed by atoms with Crippen molar-refractivity contribution in [3.63, 3.8) is 0 Å². The second-order valence-electron chi connectivity index (χ2n) is 6.11. The molecule has 2 aliphatic heterocycles. The summed E-state index contributed by atoms with van der Waals surface area (Å²) >= 11 is 3.41. The molecular formula is C17H21BrN2O. The minimum absolute atomic E-state index is 0.0203. The van der Waals surface area contributed by atoms with Crippen LogP contribution in [0.25, 0.3) is 6.08 Å². The maximum absolute atomic E-state index is 12.0. The number of carbonyl (C=O) groups excluding carboxylic acids is 1. The van der Waals surface area contributed by atoms with Gasteiger partial charge in [0.1, 0.15) is 0 Å². The van der Waals surface area contributed by atoms with Gasteiger partial charge >= 0.3 is 0 Å². The Hall–Kier alpha value is -1.13. The quantitative estimate of drug-likeness (QED) is 0.850. The topological polar surface area (TPSA) is 32.3 Å². The highest BCUT2D eigenvalue weighted by molar-refractivity contribution is 9.10. The monoisotopic (exact) mass is 348 g/mol. The van der Waals surface area contributed by atoms with Gasteiger partial charge in [-0.3, -0.25) is 4.79 Å². The van der Waals surface area contributed by atoms with E-state index in [1.165, 1.54) is 12.8 Å². The molecule has 2 atom stereocenters. The Morgan fingerprint density at radius 3 is 2.48 bits per heavy atom. The van der Waals surface area contributed by atoms with Crippen molar-refractivity contribution in [3.8, 4) is 0 Å². The van der Waals surface area contributed by atoms with E-state index in [-0.39, 0.29) is 5.91 Å². The maximum atomic E-state index is 12.0. The molecule has 2 saturated heterocycles. The van der Waals surface area contributed by atoms with Gasteiger partial charge in [0.05, 0.1) is 0 Å². The van der Waals surface area contributed by atoms with Crippen molar-refractivity contribution in [1.29, 1.82) is 0 Å². The number of benzene rings is 1. The Labute approximate surface area is 134 Å². The van der Waals surface area contributed by atoms with Crippen LogP contribution in [0, 0.1) is 0 Å². The molecule has 21 heavy (non-hydrogen) atoms. The molecule has 1 N–H and O–H groups in total. The van der Waals surface area contributed by atoms with Crippen LogP contribution in [-0.2, 0) is 4.79 Å². The van der Waals surface area contributed by atoms with Crippen molar-refractivity contribution in [2.24, 2.45) is 0 Å². The molecule has 2 heterocycles. The lowest BCUT2D eigenvalue weighted by Crippen LogP contribution is -2.48. The molecule has 2 bridgehead atoms. The van der Waals surface area contributed by atoms with Crippen LogP contribution in [0.15, 0.2) is 34.8 Å². The summed E-state index contributed by atoms with van der Waals surface area (Å²) < 4.78 is 1.05. The number of nitrogens with zero attached hydrogens (tertiary/aromatic N) is 1. The molecule has 1 aromatic carbocycles. The van der Waals surface area contributed by atoms with Crippen LogP contribution in [-0.4, -0.2) is 36.0 Å². The minimum Gasteiger partial charge on any atom is -0.350 e. The highest BCUT2D eigenvalue weighted by atomic mass is 79.9. The van der Waals surface area contributed by atoms with E-state index in [1.807, 2.05) is 30.3 Å². The number of carbonyl (C=O) groups is 1. The average molecular weight is 349 g/mol. The number of hydrogen-bond acceptors (Lipinski definition) is 2. The van der Waals surface area contributed by atoms with Gasteiger partial charge < -0.3 is 10.2 Å². The first-order chi connectivity index (χ1) is 10.1. The van der Waals surface area contributed by atoms with E-state index in [1.54, 1.807) is 6.08 Å². The van der Waals surface area contributed by atoms with Crippen LogP contribution in [0.3, 0.4) is 0 Å². The average Bonchev–Trinajstić information content (AvgIpc) is 2.69. The standard InChI is InChI=1S/C17H21BrN2O/c1-20-15-7-8-16(20)11-14(10-15)19-17(21)9-4-12-2-5-13(18)6-3-12/h2-6,9,14-16H,7-8,10-11H2,1H3,(H,19,21)/b9-4+. The van der Waals surface area contributed by atoms with Gasteiger partial charge in [-0.25, -0.2) is 0 Å². The van der Waals surface area contributed by atoms with E-state index in [0.29, 0.717) is 18.1 Å². The van der Waals surface area contributed by atoms with Gasteiger partial charge in [0.25, 0.3) is 0 Å². The molecule has 0 radical (unpaired) electrons. The fourth-order valence-corrected chi connectivity index (χ4v) is 3.79. The van der Waals surface area contributed by atoms with Crippen LogP contribution < -0.4 is 5.32 Å².